The topological polar surface area (TPSA) is 76.7 Å². The third-order valence-corrected chi connectivity index (χ3v) is 6.88. The van der Waals surface area contributed by atoms with E-state index >= 15 is 0 Å². The van der Waals surface area contributed by atoms with E-state index in [-0.39, 0.29) is 6.10 Å². The highest BCUT2D eigenvalue weighted by Gasteiger charge is 2.38. The van der Waals surface area contributed by atoms with Crippen molar-refractivity contribution in [1.29, 1.82) is 0 Å². The molecule has 1 aliphatic carbocycles. The highest BCUT2D eigenvalue weighted by atomic mass is 16.3. The second-order valence-corrected chi connectivity index (χ2v) is 8.87. The lowest BCUT2D eigenvalue weighted by Crippen LogP contribution is -2.32. The fourth-order valence-electron chi connectivity index (χ4n) is 5.43. The number of pyridine rings is 1. The van der Waals surface area contributed by atoms with E-state index in [0.29, 0.717) is 11.8 Å². The van der Waals surface area contributed by atoms with Gasteiger partial charge in [0, 0.05) is 36.1 Å². The average Bonchev–Trinajstić information content (AvgIpc) is 3.18. The number of benzene rings is 1. The first-order chi connectivity index (χ1) is 15.2. The van der Waals surface area contributed by atoms with Crippen LogP contribution >= 0.6 is 0 Å². The van der Waals surface area contributed by atoms with Crippen LogP contribution in [0.15, 0.2) is 48.8 Å². The van der Waals surface area contributed by atoms with E-state index in [9.17, 15) is 5.11 Å². The molecular weight excluding hydrogens is 386 g/mol. The SMILES string of the molecule is Cc1cccc(-c2nc3n(c2-c2ccc4nccnc4c2)CC[C@H]2C[C@@H](O)CCC32)n1. The number of fused-ring (bicyclic) bond motifs is 4. The maximum absolute atomic E-state index is 10.2. The van der Waals surface area contributed by atoms with E-state index in [0.717, 1.165) is 77.4 Å². The number of aliphatic hydroxyl groups is 1. The Morgan fingerprint density at radius 2 is 1.84 bits per heavy atom. The predicted octanol–water partition coefficient (Wildman–Crippen LogP) is 4.51. The van der Waals surface area contributed by atoms with Gasteiger partial charge >= 0.3 is 0 Å². The summed E-state index contributed by atoms with van der Waals surface area (Å²) in [5, 5.41) is 10.2. The summed E-state index contributed by atoms with van der Waals surface area (Å²) in [5.41, 5.74) is 6.81. The summed E-state index contributed by atoms with van der Waals surface area (Å²) < 4.78 is 2.40. The van der Waals surface area contributed by atoms with Crippen molar-refractivity contribution in [2.75, 3.05) is 0 Å². The smallest absolute Gasteiger partial charge is 0.115 e. The van der Waals surface area contributed by atoms with Crippen LogP contribution in [-0.4, -0.2) is 35.7 Å². The molecule has 6 heteroatoms. The lowest BCUT2D eigenvalue weighted by atomic mass is 9.74. The third-order valence-electron chi connectivity index (χ3n) is 6.88. The van der Waals surface area contributed by atoms with Gasteiger partial charge in [-0.3, -0.25) is 15.0 Å². The molecule has 1 N–H and O–H groups in total. The zero-order chi connectivity index (χ0) is 20.9. The Bertz CT molecular complexity index is 1280. The van der Waals surface area contributed by atoms with Crippen molar-refractivity contribution in [2.24, 2.45) is 5.92 Å². The van der Waals surface area contributed by atoms with Crippen LogP contribution in [-0.2, 0) is 6.54 Å². The van der Waals surface area contributed by atoms with Gasteiger partial charge in [-0.05, 0) is 62.8 Å². The van der Waals surface area contributed by atoms with Crippen LogP contribution < -0.4 is 0 Å². The number of imidazole rings is 1. The molecule has 6 nitrogen and oxygen atoms in total. The molecule has 156 valence electrons. The van der Waals surface area contributed by atoms with Crippen molar-refractivity contribution < 1.29 is 5.11 Å². The summed E-state index contributed by atoms with van der Waals surface area (Å²) in [6.45, 7) is 2.93. The molecule has 0 bridgehead atoms. The summed E-state index contributed by atoms with van der Waals surface area (Å²) in [7, 11) is 0. The molecule has 1 unspecified atom stereocenters. The highest BCUT2D eigenvalue weighted by Crippen LogP contribution is 2.46. The first-order valence-electron chi connectivity index (χ1n) is 11.1. The molecule has 6 rings (SSSR count). The molecule has 3 atom stereocenters. The van der Waals surface area contributed by atoms with Crippen LogP contribution in [0.3, 0.4) is 0 Å². The Morgan fingerprint density at radius 3 is 2.71 bits per heavy atom. The molecule has 4 heterocycles. The number of aliphatic hydroxyl groups excluding tert-OH is 1. The van der Waals surface area contributed by atoms with Crippen molar-refractivity contribution in [3.05, 3.63) is 60.3 Å². The normalized spacial score (nSPS) is 22.8. The van der Waals surface area contributed by atoms with Crippen LogP contribution in [0.4, 0.5) is 0 Å². The van der Waals surface area contributed by atoms with Gasteiger partial charge in [0.25, 0.3) is 0 Å². The number of rotatable bonds is 2. The molecule has 4 aromatic rings. The van der Waals surface area contributed by atoms with Gasteiger partial charge in [-0.25, -0.2) is 4.98 Å². The van der Waals surface area contributed by atoms with Crippen LogP contribution in [0.2, 0.25) is 0 Å². The zero-order valence-electron chi connectivity index (χ0n) is 17.6. The lowest BCUT2D eigenvalue weighted by molar-refractivity contribution is 0.0750. The van der Waals surface area contributed by atoms with E-state index in [1.807, 2.05) is 31.2 Å². The summed E-state index contributed by atoms with van der Waals surface area (Å²) in [6, 6.07) is 12.4. The van der Waals surface area contributed by atoms with Crippen molar-refractivity contribution >= 4 is 11.0 Å². The summed E-state index contributed by atoms with van der Waals surface area (Å²) in [4.78, 5) is 19.0. The quantitative estimate of drug-likeness (QED) is 0.525. The minimum atomic E-state index is -0.167. The molecule has 0 saturated heterocycles. The molecule has 1 fully saturated rings. The average molecular weight is 412 g/mol. The second kappa shape index (κ2) is 7.24. The summed E-state index contributed by atoms with van der Waals surface area (Å²) >= 11 is 0. The van der Waals surface area contributed by atoms with E-state index in [2.05, 4.69) is 26.7 Å². The van der Waals surface area contributed by atoms with Gasteiger partial charge in [0.05, 0.1) is 28.5 Å². The van der Waals surface area contributed by atoms with Gasteiger partial charge in [-0.1, -0.05) is 12.1 Å². The molecular formula is C25H25N5O. The minimum Gasteiger partial charge on any atom is -0.393 e. The van der Waals surface area contributed by atoms with Crippen molar-refractivity contribution in [1.82, 2.24) is 24.5 Å². The maximum atomic E-state index is 10.2. The van der Waals surface area contributed by atoms with Crippen LogP contribution in [0.5, 0.6) is 0 Å². The Labute approximate surface area is 181 Å². The monoisotopic (exact) mass is 411 g/mol. The molecule has 1 aliphatic heterocycles. The zero-order valence-corrected chi connectivity index (χ0v) is 17.6. The summed E-state index contributed by atoms with van der Waals surface area (Å²) in [5.74, 6) is 2.05. The van der Waals surface area contributed by atoms with Gasteiger partial charge in [0.15, 0.2) is 0 Å². The first kappa shape index (κ1) is 18.6. The fraction of sp³-hybridized carbons (Fsp3) is 0.360. The standard InChI is InChI=1S/C25H25N5O/c1-15-3-2-4-21(28-15)23-24(17-5-8-20-22(14-17)27-11-10-26-20)30-12-9-16-13-18(31)6-7-19(16)25(30)29-23/h2-5,8,10-11,14,16,18-19,31H,6-7,9,12-13H2,1H3/t16-,18-,19?/m0/s1. The van der Waals surface area contributed by atoms with Crippen LogP contribution in [0.1, 0.15) is 43.1 Å². The van der Waals surface area contributed by atoms with E-state index in [1.165, 1.54) is 0 Å². The molecule has 1 saturated carbocycles. The van der Waals surface area contributed by atoms with Crippen LogP contribution in [0.25, 0.3) is 33.7 Å². The van der Waals surface area contributed by atoms with Crippen molar-refractivity contribution in [3.8, 4) is 22.6 Å². The minimum absolute atomic E-state index is 0.167. The van der Waals surface area contributed by atoms with Gasteiger partial charge in [0.1, 0.15) is 11.5 Å². The maximum Gasteiger partial charge on any atom is 0.115 e. The number of hydrogen-bond donors (Lipinski definition) is 1. The third kappa shape index (κ3) is 3.13. The largest absolute Gasteiger partial charge is 0.393 e. The van der Waals surface area contributed by atoms with Crippen molar-refractivity contribution in [2.45, 2.75) is 51.2 Å². The number of aryl methyl sites for hydroxylation is 1. The Hall–Kier alpha value is -3.12. The van der Waals surface area contributed by atoms with Gasteiger partial charge in [-0.15, -0.1) is 0 Å². The summed E-state index contributed by atoms with van der Waals surface area (Å²) in [6.07, 6.45) is 7.10. The van der Waals surface area contributed by atoms with E-state index in [1.54, 1.807) is 12.4 Å². The molecule has 0 spiro atoms. The number of hydrogen-bond acceptors (Lipinski definition) is 5. The van der Waals surface area contributed by atoms with Crippen LogP contribution in [0, 0.1) is 12.8 Å². The van der Waals surface area contributed by atoms with Gasteiger partial charge < -0.3 is 9.67 Å². The predicted molar refractivity (Wildman–Crippen MR) is 119 cm³/mol. The Kier molecular flexibility index (Phi) is 4.35. The molecule has 0 radical (unpaired) electrons. The highest BCUT2D eigenvalue weighted by molar-refractivity contribution is 5.85. The number of nitrogens with zero attached hydrogens (tertiary/aromatic N) is 5. The van der Waals surface area contributed by atoms with Crippen molar-refractivity contribution in [3.63, 3.8) is 0 Å². The molecule has 2 aliphatic rings. The molecule has 1 aromatic carbocycles. The first-order valence-corrected chi connectivity index (χ1v) is 11.1. The lowest BCUT2D eigenvalue weighted by Gasteiger charge is -2.38. The van der Waals surface area contributed by atoms with E-state index < -0.39 is 0 Å². The van der Waals surface area contributed by atoms with Gasteiger partial charge in [-0.2, -0.15) is 0 Å². The Balaban J connectivity index is 1.57. The van der Waals surface area contributed by atoms with Gasteiger partial charge in [0.2, 0.25) is 0 Å². The fourth-order valence-corrected chi connectivity index (χ4v) is 5.43. The van der Waals surface area contributed by atoms with E-state index in [4.69, 9.17) is 9.97 Å². The second-order valence-electron chi connectivity index (χ2n) is 8.87. The molecule has 31 heavy (non-hydrogen) atoms. The molecule has 0 amide bonds. The Morgan fingerprint density at radius 1 is 0.968 bits per heavy atom. The molecule has 3 aromatic heterocycles. The number of aromatic nitrogens is 5.